The summed E-state index contributed by atoms with van der Waals surface area (Å²) in [6, 6.07) is 7.34. The molecule has 1 aromatic heterocycles. The SMILES string of the molecule is CNC(=O)c1ccc(-n2c(NC(C)C)nc3c(c2=O)CC(C)NC3)cc1.Cl. The molecule has 1 aliphatic heterocycles. The predicted molar refractivity (Wildman–Crippen MR) is 109 cm³/mol. The van der Waals surface area contributed by atoms with Gasteiger partial charge in [0.25, 0.3) is 11.5 Å². The largest absolute Gasteiger partial charge is 0.355 e. The van der Waals surface area contributed by atoms with Gasteiger partial charge in [-0.1, -0.05) is 0 Å². The molecule has 7 nitrogen and oxygen atoms in total. The first-order chi connectivity index (χ1) is 12.4. The van der Waals surface area contributed by atoms with Gasteiger partial charge in [-0.15, -0.1) is 12.4 Å². The summed E-state index contributed by atoms with van der Waals surface area (Å²) in [7, 11) is 1.59. The van der Waals surface area contributed by atoms with Crippen LogP contribution >= 0.6 is 12.4 Å². The van der Waals surface area contributed by atoms with E-state index >= 15 is 0 Å². The Balaban J connectivity index is 0.00000261. The van der Waals surface area contributed by atoms with Gasteiger partial charge in [-0.25, -0.2) is 9.55 Å². The molecule has 0 spiro atoms. The highest BCUT2D eigenvalue weighted by Crippen LogP contribution is 2.19. The third-order valence-electron chi connectivity index (χ3n) is 4.42. The molecule has 1 aliphatic rings. The molecule has 0 bridgehead atoms. The van der Waals surface area contributed by atoms with Crippen LogP contribution in [0, 0.1) is 0 Å². The molecule has 8 heteroatoms. The number of amides is 1. The number of nitrogens with one attached hydrogen (secondary N) is 3. The molecule has 0 saturated heterocycles. The lowest BCUT2D eigenvalue weighted by molar-refractivity contribution is 0.0963. The van der Waals surface area contributed by atoms with Gasteiger partial charge in [0.2, 0.25) is 5.95 Å². The van der Waals surface area contributed by atoms with Crippen LogP contribution in [0.15, 0.2) is 29.1 Å². The molecule has 3 rings (SSSR count). The number of fused-ring (bicyclic) bond motifs is 1. The van der Waals surface area contributed by atoms with Gasteiger partial charge in [-0.3, -0.25) is 9.59 Å². The van der Waals surface area contributed by atoms with Crippen LogP contribution in [0.5, 0.6) is 0 Å². The van der Waals surface area contributed by atoms with Crippen LogP contribution < -0.4 is 21.5 Å². The standard InChI is InChI=1S/C19H25N5O2.ClH/c1-11(2)22-19-23-16-10-21-12(3)9-15(16)18(26)24(19)14-7-5-13(6-8-14)17(25)20-4;/h5-8,11-12,21H,9-10H2,1-4H3,(H,20,25)(H,22,23);1H. The molecular formula is C19H26ClN5O2. The lowest BCUT2D eigenvalue weighted by Gasteiger charge is -2.25. The van der Waals surface area contributed by atoms with Crippen molar-refractivity contribution in [3.63, 3.8) is 0 Å². The van der Waals surface area contributed by atoms with E-state index in [4.69, 9.17) is 4.98 Å². The summed E-state index contributed by atoms with van der Waals surface area (Å²) in [6.07, 6.45) is 0.652. The number of anilines is 1. The summed E-state index contributed by atoms with van der Waals surface area (Å²) in [5.41, 5.74) is 2.73. The van der Waals surface area contributed by atoms with E-state index in [1.165, 1.54) is 0 Å². The highest BCUT2D eigenvalue weighted by atomic mass is 35.5. The highest BCUT2D eigenvalue weighted by Gasteiger charge is 2.23. The lowest BCUT2D eigenvalue weighted by Crippen LogP contribution is -2.40. The fourth-order valence-corrected chi connectivity index (χ4v) is 3.10. The van der Waals surface area contributed by atoms with Gasteiger partial charge in [-0.05, 0) is 51.5 Å². The molecule has 2 heterocycles. The zero-order chi connectivity index (χ0) is 18.8. The van der Waals surface area contributed by atoms with Gasteiger partial charge >= 0.3 is 0 Å². The minimum atomic E-state index is -0.159. The summed E-state index contributed by atoms with van der Waals surface area (Å²) >= 11 is 0. The Morgan fingerprint density at radius 1 is 1.30 bits per heavy atom. The van der Waals surface area contributed by atoms with Gasteiger partial charge in [0, 0.05) is 36.8 Å². The number of aromatic nitrogens is 2. The molecule has 27 heavy (non-hydrogen) atoms. The van der Waals surface area contributed by atoms with E-state index in [1.54, 1.807) is 35.9 Å². The van der Waals surface area contributed by atoms with Crippen molar-refractivity contribution in [2.24, 2.45) is 0 Å². The first-order valence-corrected chi connectivity index (χ1v) is 8.88. The molecule has 0 aliphatic carbocycles. The molecule has 0 radical (unpaired) electrons. The van der Waals surface area contributed by atoms with E-state index in [0.29, 0.717) is 30.2 Å². The van der Waals surface area contributed by atoms with Crippen molar-refractivity contribution in [1.29, 1.82) is 0 Å². The maximum atomic E-state index is 13.2. The Morgan fingerprint density at radius 3 is 2.56 bits per heavy atom. The molecule has 0 saturated carbocycles. The van der Waals surface area contributed by atoms with Crippen molar-refractivity contribution >= 4 is 24.3 Å². The molecular weight excluding hydrogens is 366 g/mol. The molecule has 1 amide bonds. The first kappa shape index (κ1) is 20.9. The van der Waals surface area contributed by atoms with Crippen molar-refractivity contribution in [3.8, 4) is 5.69 Å². The third kappa shape index (κ3) is 4.31. The lowest BCUT2D eigenvalue weighted by atomic mass is 10.0. The maximum Gasteiger partial charge on any atom is 0.263 e. The number of rotatable bonds is 4. The van der Waals surface area contributed by atoms with Crippen LogP contribution in [0.2, 0.25) is 0 Å². The number of carbonyl (C=O) groups is 1. The summed E-state index contributed by atoms with van der Waals surface area (Å²) in [5.74, 6) is 0.362. The second-order valence-electron chi connectivity index (χ2n) is 6.91. The fraction of sp³-hybridized carbons (Fsp3) is 0.421. The van der Waals surface area contributed by atoms with Crippen molar-refractivity contribution in [3.05, 3.63) is 51.4 Å². The van der Waals surface area contributed by atoms with Crippen LogP contribution in [0.4, 0.5) is 5.95 Å². The topological polar surface area (TPSA) is 88.1 Å². The van der Waals surface area contributed by atoms with E-state index in [2.05, 4.69) is 22.9 Å². The molecule has 1 aromatic carbocycles. The zero-order valence-electron chi connectivity index (χ0n) is 16.0. The van der Waals surface area contributed by atoms with E-state index < -0.39 is 0 Å². The quantitative estimate of drug-likeness (QED) is 0.740. The number of carbonyl (C=O) groups excluding carboxylic acids is 1. The molecule has 146 valence electrons. The summed E-state index contributed by atoms with van der Waals surface area (Å²) in [5, 5.41) is 9.21. The van der Waals surface area contributed by atoms with E-state index in [9.17, 15) is 9.59 Å². The number of hydrogen-bond donors (Lipinski definition) is 3. The van der Waals surface area contributed by atoms with Crippen molar-refractivity contribution in [2.75, 3.05) is 12.4 Å². The van der Waals surface area contributed by atoms with Crippen LogP contribution in [-0.4, -0.2) is 34.6 Å². The van der Waals surface area contributed by atoms with Crippen LogP contribution in [-0.2, 0) is 13.0 Å². The van der Waals surface area contributed by atoms with Crippen molar-refractivity contribution in [1.82, 2.24) is 20.2 Å². The van der Waals surface area contributed by atoms with Gasteiger partial charge < -0.3 is 16.0 Å². The smallest absolute Gasteiger partial charge is 0.263 e. The average molecular weight is 392 g/mol. The summed E-state index contributed by atoms with van der Waals surface area (Å²) < 4.78 is 1.60. The summed E-state index contributed by atoms with van der Waals surface area (Å²) in [4.78, 5) is 29.7. The van der Waals surface area contributed by atoms with Gasteiger partial charge in [0.05, 0.1) is 11.4 Å². The number of nitrogens with zero attached hydrogens (tertiary/aromatic N) is 2. The zero-order valence-corrected chi connectivity index (χ0v) is 16.8. The van der Waals surface area contributed by atoms with Crippen LogP contribution in [0.1, 0.15) is 42.4 Å². The van der Waals surface area contributed by atoms with E-state index in [0.717, 1.165) is 11.3 Å². The average Bonchev–Trinajstić information content (AvgIpc) is 2.62. The Hall–Kier alpha value is -2.38. The van der Waals surface area contributed by atoms with Gasteiger partial charge in [0.1, 0.15) is 0 Å². The molecule has 1 atom stereocenters. The molecule has 2 aromatic rings. The second-order valence-corrected chi connectivity index (χ2v) is 6.91. The van der Waals surface area contributed by atoms with Crippen LogP contribution in [0.25, 0.3) is 5.69 Å². The Labute approximate surface area is 165 Å². The molecule has 1 unspecified atom stereocenters. The predicted octanol–water partition coefficient (Wildman–Crippen LogP) is 1.87. The van der Waals surface area contributed by atoms with E-state index in [-0.39, 0.29) is 36.0 Å². The monoisotopic (exact) mass is 391 g/mol. The maximum absolute atomic E-state index is 13.2. The van der Waals surface area contributed by atoms with Crippen molar-refractivity contribution < 1.29 is 4.79 Å². The normalized spacial score (nSPS) is 15.7. The summed E-state index contributed by atoms with van der Waals surface area (Å²) in [6.45, 7) is 6.66. The Morgan fingerprint density at radius 2 is 1.96 bits per heavy atom. The van der Waals surface area contributed by atoms with Crippen molar-refractivity contribution in [2.45, 2.75) is 45.8 Å². The van der Waals surface area contributed by atoms with E-state index in [1.807, 2.05) is 13.8 Å². The highest BCUT2D eigenvalue weighted by molar-refractivity contribution is 5.94. The number of hydrogen-bond acceptors (Lipinski definition) is 5. The number of benzene rings is 1. The number of halogens is 1. The van der Waals surface area contributed by atoms with Gasteiger partial charge in [-0.2, -0.15) is 0 Å². The first-order valence-electron chi connectivity index (χ1n) is 8.88. The minimum absolute atomic E-state index is 0. The molecule has 0 fully saturated rings. The minimum Gasteiger partial charge on any atom is -0.355 e. The second kappa shape index (κ2) is 8.54. The Bertz CT molecular complexity index is 877. The fourth-order valence-electron chi connectivity index (χ4n) is 3.10. The molecule has 3 N–H and O–H groups in total. The third-order valence-corrected chi connectivity index (χ3v) is 4.42. The Kier molecular flexibility index (Phi) is 6.62. The van der Waals surface area contributed by atoms with Gasteiger partial charge in [0.15, 0.2) is 0 Å². The van der Waals surface area contributed by atoms with Crippen LogP contribution in [0.3, 0.4) is 0 Å².